The van der Waals surface area contributed by atoms with Crippen molar-refractivity contribution in [3.63, 3.8) is 0 Å². The first-order valence-corrected chi connectivity index (χ1v) is 5.12. The summed E-state index contributed by atoms with van der Waals surface area (Å²) in [5, 5.41) is 9.74. The number of halogens is 1. The van der Waals surface area contributed by atoms with Gasteiger partial charge in [0.1, 0.15) is 12.1 Å². The minimum atomic E-state index is -1.06. The van der Waals surface area contributed by atoms with Crippen molar-refractivity contribution in [3.05, 3.63) is 34.3 Å². The fourth-order valence-corrected chi connectivity index (χ4v) is 1.40. The van der Waals surface area contributed by atoms with Crippen molar-refractivity contribution < 1.29 is 14.6 Å². The van der Waals surface area contributed by atoms with Gasteiger partial charge < -0.3 is 15.6 Å². The van der Waals surface area contributed by atoms with E-state index in [9.17, 15) is 9.90 Å². The molecule has 0 unspecified atom stereocenters. The number of aliphatic hydroxyl groups is 1. The van der Waals surface area contributed by atoms with E-state index < -0.39 is 18.1 Å². The monoisotopic (exact) mass is 273 g/mol. The van der Waals surface area contributed by atoms with E-state index in [1.165, 1.54) is 7.11 Å². The first kappa shape index (κ1) is 12.2. The average Bonchev–Trinajstić information content (AvgIpc) is 2.27. The van der Waals surface area contributed by atoms with Crippen LogP contribution in [0.5, 0.6) is 0 Å². The van der Waals surface area contributed by atoms with Crippen molar-refractivity contribution >= 4 is 21.9 Å². The first-order chi connectivity index (χ1) is 7.06. The van der Waals surface area contributed by atoms with Crippen LogP contribution >= 0.6 is 15.9 Å². The summed E-state index contributed by atoms with van der Waals surface area (Å²) in [5.41, 5.74) is 6.08. The van der Waals surface area contributed by atoms with E-state index in [1.807, 2.05) is 0 Å². The lowest BCUT2D eigenvalue weighted by Gasteiger charge is -2.16. The number of aliphatic hydroxyl groups excluding tert-OH is 1. The number of hydrogen-bond donors (Lipinski definition) is 2. The second kappa shape index (κ2) is 5.25. The Kier molecular flexibility index (Phi) is 4.26. The topological polar surface area (TPSA) is 72.5 Å². The van der Waals surface area contributed by atoms with Gasteiger partial charge in [-0.05, 0) is 17.7 Å². The molecule has 3 N–H and O–H groups in total. The van der Waals surface area contributed by atoms with E-state index in [-0.39, 0.29) is 0 Å². The average molecular weight is 274 g/mol. The van der Waals surface area contributed by atoms with Gasteiger partial charge in [0, 0.05) is 4.47 Å². The maximum absolute atomic E-state index is 11.1. The normalized spacial score (nSPS) is 14.4. The number of methoxy groups -OCH3 is 1. The van der Waals surface area contributed by atoms with Gasteiger partial charge >= 0.3 is 5.97 Å². The molecule has 1 rings (SSSR count). The third-order valence-corrected chi connectivity index (χ3v) is 2.55. The molecular formula is C10H12BrNO3. The van der Waals surface area contributed by atoms with Crippen LogP contribution < -0.4 is 5.73 Å². The Labute approximate surface area is 96.2 Å². The first-order valence-electron chi connectivity index (χ1n) is 4.33. The maximum atomic E-state index is 11.1. The molecule has 82 valence electrons. The Balaban J connectivity index is 2.80. The van der Waals surface area contributed by atoms with E-state index in [2.05, 4.69) is 20.7 Å². The van der Waals surface area contributed by atoms with Crippen LogP contribution in [0.4, 0.5) is 0 Å². The molecule has 4 nitrogen and oxygen atoms in total. The number of carbonyl (C=O) groups is 1. The van der Waals surface area contributed by atoms with Crippen molar-refractivity contribution in [1.82, 2.24) is 0 Å². The van der Waals surface area contributed by atoms with Crippen LogP contribution in [0, 0.1) is 0 Å². The van der Waals surface area contributed by atoms with E-state index in [4.69, 9.17) is 5.73 Å². The summed E-state index contributed by atoms with van der Waals surface area (Å²) in [5.74, 6) is -0.634. The van der Waals surface area contributed by atoms with Crippen molar-refractivity contribution in [2.45, 2.75) is 12.1 Å². The van der Waals surface area contributed by atoms with Gasteiger partial charge in [0.15, 0.2) is 0 Å². The maximum Gasteiger partial charge on any atom is 0.325 e. The molecule has 0 aliphatic carbocycles. The molecule has 1 aromatic carbocycles. The number of ether oxygens (including phenoxy) is 1. The molecule has 0 saturated carbocycles. The van der Waals surface area contributed by atoms with Crippen molar-refractivity contribution in [2.24, 2.45) is 5.73 Å². The van der Waals surface area contributed by atoms with Crippen LogP contribution in [0.3, 0.4) is 0 Å². The summed E-state index contributed by atoms with van der Waals surface area (Å²) in [4.78, 5) is 11.1. The summed E-state index contributed by atoms with van der Waals surface area (Å²) in [6.07, 6.45) is -1.05. The molecule has 0 bridgehead atoms. The second-order valence-electron chi connectivity index (χ2n) is 3.05. The van der Waals surface area contributed by atoms with Gasteiger partial charge in [-0.2, -0.15) is 0 Å². The molecule has 2 atom stereocenters. The molecule has 5 heteroatoms. The highest BCUT2D eigenvalue weighted by atomic mass is 79.9. The Hall–Kier alpha value is -0.910. The zero-order chi connectivity index (χ0) is 11.4. The lowest BCUT2D eigenvalue weighted by atomic mass is 10.0. The van der Waals surface area contributed by atoms with Crippen LogP contribution in [0.25, 0.3) is 0 Å². The largest absolute Gasteiger partial charge is 0.468 e. The molecule has 0 radical (unpaired) electrons. The molecule has 0 saturated heterocycles. The van der Waals surface area contributed by atoms with Gasteiger partial charge in [-0.1, -0.05) is 28.1 Å². The Morgan fingerprint density at radius 2 is 2.00 bits per heavy atom. The molecule has 0 heterocycles. The number of hydrogen-bond acceptors (Lipinski definition) is 4. The Morgan fingerprint density at radius 3 is 2.47 bits per heavy atom. The number of esters is 1. The summed E-state index contributed by atoms with van der Waals surface area (Å²) in [6.45, 7) is 0. The van der Waals surface area contributed by atoms with Crippen molar-refractivity contribution in [2.75, 3.05) is 7.11 Å². The Morgan fingerprint density at radius 1 is 1.47 bits per heavy atom. The molecule has 0 aliphatic rings. The highest BCUT2D eigenvalue weighted by Gasteiger charge is 2.24. The summed E-state index contributed by atoms with van der Waals surface area (Å²) < 4.78 is 5.34. The van der Waals surface area contributed by atoms with E-state index in [0.29, 0.717) is 5.56 Å². The lowest BCUT2D eigenvalue weighted by Crippen LogP contribution is -2.37. The third-order valence-electron chi connectivity index (χ3n) is 2.03. The smallest absolute Gasteiger partial charge is 0.325 e. The SMILES string of the molecule is COC(=O)[C@H](N)[C@@H](O)c1ccc(Br)cc1. The molecule has 0 amide bonds. The van der Waals surface area contributed by atoms with Crippen LogP contribution in [-0.2, 0) is 9.53 Å². The zero-order valence-electron chi connectivity index (χ0n) is 8.18. The predicted molar refractivity (Wildman–Crippen MR) is 59.1 cm³/mol. The van der Waals surface area contributed by atoms with Gasteiger partial charge in [0.2, 0.25) is 0 Å². The molecule has 0 aromatic heterocycles. The van der Waals surface area contributed by atoms with Crippen LogP contribution in [-0.4, -0.2) is 24.2 Å². The standard InChI is InChI=1S/C10H12BrNO3/c1-15-10(14)8(12)9(13)6-2-4-7(11)5-3-6/h2-5,8-9,13H,12H2,1H3/t8-,9+/m1/s1. The lowest BCUT2D eigenvalue weighted by molar-refractivity contribution is -0.145. The number of rotatable bonds is 3. The third kappa shape index (κ3) is 3.02. The fourth-order valence-electron chi connectivity index (χ4n) is 1.13. The molecule has 15 heavy (non-hydrogen) atoms. The van der Waals surface area contributed by atoms with Crippen LogP contribution in [0.1, 0.15) is 11.7 Å². The van der Waals surface area contributed by atoms with Gasteiger partial charge in [0.05, 0.1) is 7.11 Å². The van der Waals surface area contributed by atoms with Gasteiger partial charge in [-0.25, -0.2) is 0 Å². The summed E-state index contributed by atoms with van der Waals surface area (Å²) in [6, 6.07) is 5.86. The molecule has 0 aliphatic heterocycles. The fraction of sp³-hybridized carbons (Fsp3) is 0.300. The zero-order valence-corrected chi connectivity index (χ0v) is 9.77. The molecule has 0 spiro atoms. The number of benzene rings is 1. The quantitative estimate of drug-likeness (QED) is 0.806. The van der Waals surface area contributed by atoms with Gasteiger partial charge in [-0.15, -0.1) is 0 Å². The molecule has 1 aromatic rings. The van der Waals surface area contributed by atoms with E-state index in [1.54, 1.807) is 24.3 Å². The molecular weight excluding hydrogens is 262 g/mol. The van der Waals surface area contributed by atoms with Crippen molar-refractivity contribution in [1.29, 1.82) is 0 Å². The Bertz CT molecular complexity index is 339. The van der Waals surface area contributed by atoms with Gasteiger partial charge in [-0.3, -0.25) is 4.79 Å². The van der Waals surface area contributed by atoms with E-state index >= 15 is 0 Å². The van der Waals surface area contributed by atoms with E-state index in [0.717, 1.165) is 4.47 Å². The highest BCUT2D eigenvalue weighted by molar-refractivity contribution is 9.10. The minimum absolute atomic E-state index is 0.580. The second-order valence-corrected chi connectivity index (χ2v) is 3.96. The highest BCUT2D eigenvalue weighted by Crippen LogP contribution is 2.19. The summed E-state index contributed by atoms with van der Waals surface area (Å²) in [7, 11) is 1.23. The minimum Gasteiger partial charge on any atom is -0.468 e. The van der Waals surface area contributed by atoms with Crippen molar-refractivity contribution in [3.8, 4) is 0 Å². The molecule has 0 fully saturated rings. The number of carbonyl (C=O) groups excluding carboxylic acids is 1. The summed E-state index contributed by atoms with van der Waals surface area (Å²) >= 11 is 3.27. The predicted octanol–water partition coefficient (Wildman–Crippen LogP) is 0.983. The number of nitrogens with two attached hydrogens (primary N) is 1. The van der Waals surface area contributed by atoms with Crippen LogP contribution in [0.2, 0.25) is 0 Å². The van der Waals surface area contributed by atoms with Crippen LogP contribution in [0.15, 0.2) is 28.7 Å². The van der Waals surface area contributed by atoms with Gasteiger partial charge in [0.25, 0.3) is 0 Å².